The lowest BCUT2D eigenvalue weighted by molar-refractivity contribution is -0.00468. The predicted molar refractivity (Wildman–Crippen MR) is 83.8 cm³/mol. The van der Waals surface area contributed by atoms with Crippen LogP contribution in [0.15, 0.2) is 22.7 Å². The van der Waals surface area contributed by atoms with E-state index in [1.807, 2.05) is 7.11 Å². The highest BCUT2D eigenvalue weighted by molar-refractivity contribution is 9.10. The Morgan fingerprint density at radius 2 is 2.26 bits per heavy atom. The topological polar surface area (TPSA) is 38.5 Å². The second kappa shape index (κ2) is 6.25. The quantitative estimate of drug-likeness (QED) is 0.924. The molecule has 0 radical (unpaired) electrons. The largest absolute Gasteiger partial charge is 0.377 e. The normalized spacial score (nSPS) is 23.7. The van der Waals surface area contributed by atoms with Crippen molar-refractivity contribution in [2.75, 3.05) is 31.6 Å². The molecule has 0 amide bonds. The number of ether oxygens (including phenoxy) is 1. The SMILES string of the molecule is COC1(C)CCCN(c2ccc(Br)cc2CCN)C1. The van der Waals surface area contributed by atoms with Gasteiger partial charge in [-0.3, -0.25) is 0 Å². The van der Waals surface area contributed by atoms with Crippen molar-refractivity contribution >= 4 is 21.6 Å². The summed E-state index contributed by atoms with van der Waals surface area (Å²) in [6, 6.07) is 6.48. The fourth-order valence-corrected chi connectivity index (χ4v) is 3.20. The molecule has 2 N–H and O–H groups in total. The summed E-state index contributed by atoms with van der Waals surface area (Å²) in [5.41, 5.74) is 8.31. The Hall–Kier alpha value is -0.580. The van der Waals surface area contributed by atoms with Gasteiger partial charge in [-0.1, -0.05) is 15.9 Å². The highest BCUT2D eigenvalue weighted by atomic mass is 79.9. The lowest BCUT2D eigenvalue weighted by Gasteiger charge is -2.41. The summed E-state index contributed by atoms with van der Waals surface area (Å²) >= 11 is 3.54. The monoisotopic (exact) mass is 326 g/mol. The van der Waals surface area contributed by atoms with Crippen LogP contribution < -0.4 is 10.6 Å². The summed E-state index contributed by atoms with van der Waals surface area (Å²) in [6.07, 6.45) is 3.21. The lowest BCUT2D eigenvalue weighted by atomic mass is 9.93. The van der Waals surface area contributed by atoms with Crippen LogP contribution >= 0.6 is 15.9 Å². The van der Waals surface area contributed by atoms with Crippen LogP contribution in [0.1, 0.15) is 25.3 Å². The van der Waals surface area contributed by atoms with Crippen LogP contribution in [0, 0.1) is 0 Å². The van der Waals surface area contributed by atoms with Crippen LogP contribution in [0.3, 0.4) is 0 Å². The van der Waals surface area contributed by atoms with Crippen molar-refractivity contribution in [3.05, 3.63) is 28.2 Å². The third kappa shape index (κ3) is 3.50. The van der Waals surface area contributed by atoms with E-state index in [0.29, 0.717) is 6.54 Å². The molecule has 1 aliphatic heterocycles. The minimum Gasteiger partial charge on any atom is -0.377 e. The van der Waals surface area contributed by atoms with E-state index in [4.69, 9.17) is 10.5 Å². The molecule has 0 bridgehead atoms. The number of hydrogen-bond donors (Lipinski definition) is 1. The van der Waals surface area contributed by atoms with Gasteiger partial charge in [0.05, 0.1) is 5.60 Å². The highest BCUT2D eigenvalue weighted by Crippen LogP contribution is 2.31. The number of nitrogens with zero attached hydrogens (tertiary/aromatic N) is 1. The first-order chi connectivity index (χ1) is 9.08. The number of benzene rings is 1. The van der Waals surface area contributed by atoms with Crippen molar-refractivity contribution < 1.29 is 4.74 Å². The maximum atomic E-state index is 5.73. The molecule has 0 saturated carbocycles. The van der Waals surface area contributed by atoms with Crippen molar-refractivity contribution in [1.82, 2.24) is 0 Å². The molecule has 1 aliphatic rings. The van der Waals surface area contributed by atoms with Gasteiger partial charge < -0.3 is 15.4 Å². The molecule has 1 aromatic rings. The second-order valence-electron chi connectivity index (χ2n) is 5.49. The molecule has 4 heteroatoms. The van der Waals surface area contributed by atoms with Crippen LogP contribution in [-0.2, 0) is 11.2 Å². The summed E-state index contributed by atoms with van der Waals surface area (Å²) in [5, 5.41) is 0. The Morgan fingerprint density at radius 3 is 2.95 bits per heavy atom. The fourth-order valence-electron chi connectivity index (χ4n) is 2.80. The summed E-state index contributed by atoms with van der Waals surface area (Å²) in [5.74, 6) is 0. The van der Waals surface area contributed by atoms with E-state index in [2.05, 4.69) is 46.0 Å². The molecule has 1 unspecified atom stereocenters. The second-order valence-corrected chi connectivity index (χ2v) is 6.41. The van der Waals surface area contributed by atoms with Crippen molar-refractivity contribution in [2.24, 2.45) is 5.73 Å². The van der Waals surface area contributed by atoms with Gasteiger partial charge in [-0.05, 0) is 56.5 Å². The molecule has 106 valence electrons. The number of halogens is 1. The van der Waals surface area contributed by atoms with Crippen LogP contribution in [0.5, 0.6) is 0 Å². The van der Waals surface area contributed by atoms with Crippen LogP contribution in [-0.4, -0.2) is 32.3 Å². The first kappa shape index (κ1) is 14.8. The number of anilines is 1. The van der Waals surface area contributed by atoms with Crippen molar-refractivity contribution in [3.8, 4) is 0 Å². The molecule has 0 aromatic heterocycles. The molecule has 1 atom stereocenters. The van der Waals surface area contributed by atoms with E-state index < -0.39 is 0 Å². The first-order valence-electron chi connectivity index (χ1n) is 6.86. The van der Waals surface area contributed by atoms with Crippen molar-refractivity contribution in [3.63, 3.8) is 0 Å². The molecule has 3 nitrogen and oxygen atoms in total. The van der Waals surface area contributed by atoms with E-state index in [0.717, 1.165) is 30.4 Å². The molecular weight excluding hydrogens is 304 g/mol. The summed E-state index contributed by atoms with van der Waals surface area (Å²) < 4.78 is 6.80. The molecule has 1 aromatic carbocycles. The number of piperidine rings is 1. The van der Waals surface area contributed by atoms with Gasteiger partial charge in [0, 0.05) is 30.4 Å². The van der Waals surface area contributed by atoms with Gasteiger partial charge in [0.1, 0.15) is 0 Å². The molecular formula is C15H23BrN2O. The molecule has 1 fully saturated rings. The van der Waals surface area contributed by atoms with Crippen molar-refractivity contribution in [2.45, 2.75) is 31.8 Å². The zero-order valence-corrected chi connectivity index (χ0v) is 13.4. The van der Waals surface area contributed by atoms with E-state index in [1.54, 1.807) is 0 Å². The minimum absolute atomic E-state index is 0.0364. The highest BCUT2D eigenvalue weighted by Gasteiger charge is 2.31. The standard InChI is InChI=1S/C15H23BrN2O/c1-15(19-2)7-3-9-18(11-15)14-5-4-13(16)10-12(14)6-8-17/h4-5,10H,3,6-9,11,17H2,1-2H3. The zero-order chi connectivity index (χ0) is 13.9. The van der Waals surface area contributed by atoms with Gasteiger partial charge in [-0.25, -0.2) is 0 Å². The molecule has 2 rings (SSSR count). The third-order valence-electron chi connectivity index (χ3n) is 3.95. The maximum absolute atomic E-state index is 5.73. The van der Waals surface area contributed by atoms with E-state index in [-0.39, 0.29) is 5.60 Å². The average molecular weight is 327 g/mol. The zero-order valence-electron chi connectivity index (χ0n) is 11.8. The number of methoxy groups -OCH3 is 1. The third-order valence-corrected chi connectivity index (χ3v) is 4.44. The fraction of sp³-hybridized carbons (Fsp3) is 0.600. The van der Waals surface area contributed by atoms with Crippen LogP contribution in [0.2, 0.25) is 0 Å². The molecule has 0 spiro atoms. The smallest absolute Gasteiger partial charge is 0.0825 e. The number of nitrogens with two attached hydrogens (primary N) is 1. The van der Waals surface area contributed by atoms with Crippen LogP contribution in [0.25, 0.3) is 0 Å². The minimum atomic E-state index is -0.0364. The Bertz CT molecular complexity index is 438. The molecule has 1 heterocycles. The van der Waals surface area contributed by atoms with Gasteiger partial charge in [0.15, 0.2) is 0 Å². The summed E-state index contributed by atoms with van der Waals surface area (Å²) in [7, 11) is 1.81. The molecule has 19 heavy (non-hydrogen) atoms. The molecule has 0 aliphatic carbocycles. The summed E-state index contributed by atoms with van der Waals surface area (Å²) in [4.78, 5) is 2.43. The Balaban J connectivity index is 2.25. The average Bonchev–Trinajstić information content (AvgIpc) is 2.39. The number of rotatable bonds is 4. The Labute approximate surface area is 124 Å². The maximum Gasteiger partial charge on any atom is 0.0825 e. The van der Waals surface area contributed by atoms with E-state index in [9.17, 15) is 0 Å². The van der Waals surface area contributed by atoms with Crippen molar-refractivity contribution in [1.29, 1.82) is 0 Å². The lowest BCUT2D eigenvalue weighted by Crippen LogP contribution is -2.47. The van der Waals surface area contributed by atoms with Gasteiger partial charge >= 0.3 is 0 Å². The Morgan fingerprint density at radius 1 is 1.47 bits per heavy atom. The van der Waals surface area contributed by atoms with Gasteiger partial charge in [-0.2, -0.15) is 0 Å². The van der Waals surface area contributed by atoms with Gasteiger partial charge in [0.25, 0.3) is 0 Å². The predicted octanol–water partition coefficient (Wildman–Crippen LogP) is 2.96. The van der Waals surface area contributed by atoms with E-state index in [1.165, 1.54) is 17.7 Å². The van der Waals surface area contributed by atoms with Gasteiger partial charge in [-0.15, -0.1) is 0 Å². The molecule has 1 saturated heterocycles. The number of hydrogen-bond acceptors (Lipinski definition) is 3. The first-order valence-corrected chi connectivity index (χ1v) is 7.66. The van der Waals surface area contributed by atoms with E-state index >= 15 is 0 Å². The Kier molecular flexibility index (Phi) is 4.87. The van der Waals surface area contributed by atoms with Gasteiger partial charge in [0.2, 0.25) is 0 Å². The summed E-state index contributed by atoms with van der Waals surface area (Å²) in [6.45, 7) is 4.92. The van der Waals surface area contributed by atoms with Crippen LogP contribution in [0.4, 0.5) is 5.69 Å².